The van der Waals surface area contributed by atoms with Crippen molar-refractivity contribution in [3.63, 3.8) is 0 Å². The molecule has 1 amide bonds. The number of carbonyl (C=O) groups is 1. The lowest BCUT2D eigenvalue weighted by molar-refractivity contribution is 0.0942. The molecular formula is C23H21BrN2O2S. The number of thiophene rings is 1. The Morgan fingerprint density at radius 1 is 1.17 bits per heavy atom. The van der Waals surface area contributed by atoms with Crippen LogP contribution in [0.2, 0.25) is 0 Å². The van der Waals surface area contributed by atoms with Gasteiger partial charge in [-0.25, -0.2) is 0 Å². The van der Waals surface area contributed by atoms with Crippen molar-refractivity contribution in [2.75, 3.05) is 7.11 Å². The van der Waals surface area contributed by atoms with Crippen LogP contribution in [0.25, 0.3) is 10.2 Å². The SMILES string of the molecule is COc1ccccc1Cn1c(C(=O)NCc2cccc(C)c2)cc2scc(Br)c21. The molecule has 4 rings (SSSR count). The number of fused-ring (bicyclic) bond motifs is 1. The molecule has 0 radical (unpaired) electrons. The molecule has 0 aliphatic heterocycles. The van der Waals surface area contributed by atoms with Gasteiger partial charge in [0.1, 0.15) is 11.4 Å². The van der Waals surface area contributed by atoms with Crippen molar-refractivity contribution < 1.29 is 9.53 Å². The monoisotopic (exact) mass is 468 g/mol. The van der Waals surface area contributed by atoms with Crippen LogP contribution in [-0.2, 0) is 13.1 Å². The van der Waals surface area contributed by atoms with Gasteiger partial charge in [0, 0.05) is 17.5 Å². The molecule has 2 aromatic heterocycles. The summed E-state index contributed by atoms with van der Waals surface area (Å²) in [5, 5.41) is 5.12. The Labute approximate surface area is 182 Å². The highest BCUT2D eigenvalue weighted by Gasteiger charge is 2.19. The van der Waals surface area contributed by atoms with Crippen LogP contribution in [0.4, 0.5) is 0 Å². The molecular weight excluding hydrogens is 448 g/mol. The second-order valence-corrected chi connectivity index (χ2v) is 8.66. The number of halogens is 1. The van der Waals surface area contributed by atoms with Crippen LogP contribution in [0.3, 0.4) is 0 Å². The molecule has 148 valence electrons. The molecule has 4 nitrogen and oxygen atoms in total. The summed E-state index contributed by atoms with van der Waals surface area (Å²) >= 11 is 5.26. The topological polar surface area (TPSA) is 43.3 Å². The minimum absolute atomic E-state index is 0.0864. The Morgan fingerprint density at radius 2 is 2.00 bits per heavy atom. The molecule has 0 atom stereocenters. The average molecular weight is 469 g/mol. The molecule has 0 saturated heterocycles. The van der Waals surface area contributed by atoms with Crippen LogP contribution < -0.4 is 10.1 Å². The lowest BCUT2D eigenvalue weighted by Gasteiger charge is -2.14. The standard InChI is InChI=1S/C23H21BrN2O2S/c1-15-6-5-7-16(10-15)12-25-23(27)19-11-21-22(18(24)14-29-21)26(19)13-17-8-3-4-9-20(17)28-2/h3-11,14H,12-13H2,1-2H3,(H,25,27). The quantitative estimate of drug-likeness (QED) is 0.390. The number of nitrogens with one attached hydrogen (secondary N) is 1. The maximum atomic E-state index is 13.1. The zero-order valence-corrected chi connectivity index (χ0v) is 18.6. The molecule has 0 unspecified atom stereocenters. The first-order valence-electron chi connectivity index (χ1n) is 9.28. The van der Waals surface area contributed by atoms with E-state index in [1.54, 1.807) is 18.4 Å². The van der Waals surface area contributed by atoms with Crippen LogP contribution in [0.5, 0.6) is 5.75 Å². The van der Waals surface area contributed by atoms with Gasteiger partial charge in [-0.05, 0) is 40.5 Å². The zero-order valence-electron chi connectivity index (χ0n) is 16.2. The number of methoxy groups -OCH3 is 1. The van der Waals surface area contributed by atoms with Crippen molar-refractivity contribution in [1.29, 1.82) is 0 Å². The summed E-state index contributed by atoms with van der Waals surface area (Å²) < 4.78 is 9.63. The number of benzene rings is 2. The normalized spacial score (nSPS) is 11.0. The first-order chi connectivity index (χ1) is 14.1. The third kappa shape index (κ3) is 4.09. The van der Waals surface area contributed by atoms with E-state index in [0.29, 0.717) is 18.8 Å². The van der Waals surface area contributed by atoms with Gasteiger partial charge < -0.3 is 14.6 Å². The van der Waals surface area contributed by atoms with Crippen LogP contribution >= 0.6 is 27.3 Å². The predicted octanol–water partition coefficient (Wildman–Crippen LogP) is 5.76. The van der Waals surface area contributed by atoms with Gasteiger partial charge in [0.15, 0.2) is 0 Å². The van der Waals surface area contributed by atoms with Gasteiger partial charge in [0.05, 0.1) is 28.3 Å². The number of hydrogen-bond donors (Lipinski definition) is 1. The molecule has 2 aromatic carbocycles. The number of aryl methyl sites for hydroxylation is 1. The highest BCUT2D eigenvalue weighted by atomic mass is 79.9. The minimum Gasteiger partial charge on any atom is -0.496 e. The smallest absolute Gasteiger partial charge is 0.268 e. The molecule has 0 aliphatic rings. The first-order valence-corrected chi connectivity index (χ1v) is 11.0. The van der Waals surface area contributed by atoms with Crippen LogP contribution in [0.15, 0.2) is 64.5 Å². The van der Waals surface area contributed by atoms with Gasteiger partial charge in [-0.15, -0.1) is 11.3 Å². The summed E-state index contributed by atoms with van der Waals surface area (Å²) in [4.78, 5) is 13.1. The van der Waals surface area contributed by atoms with E-state index in [4.69, 9.17) is 4.74 Å². The Balaban J connectivity index is 1.67. The number of amides is 1. The highest BCUT2D eigenvalue weighted by Crippen LogP contribution is 2.34. The largest absolute Gasteiger partial charge is 0.496 e. The van der Waals surface area contributed by atoms with Gasteiger partial charge in [-0.1, -0.05) is 48.0 Å². The third-order valence-corrected chi connectivity index (χ3v) is 6.69. The van der Waals surface area contributed by atoms with Crippen molar-refractivity contribution in [3.05, 3.63) is 86.8 Å². The van der Waals surface area contributed by atoms with Gasteiger partial charge in [-0.3, -0.25) is 4.79 Å². The molecule has 0 spiro atoms. The fourth-order valence-corrected chi connectivity index (χ4v) is 5.18. The maximum absolute atomic E-state index is 13.1. The lowest BCUT2D eigenvalue weighted by atomic mass is 10.1. The molecule has 1 N–H and O–H groups in total. The Bertz CT molecular complexity index is 1180. The molecule has 0 bridgehead atoms. The number of para-hydroxylation sites is 1. The summed E-state index contributed by atoms with van der Waals surface area (Å²) in [6.07, 6.45) is 0. The summed E-state index contributed by atoms with van der Waals surface area (Å²) in [7, 11) is 1.67. The van der Waals surface area contributed by atoms with Gasteiger partial charge in [0.2, 0.25) is 0 Å². The fraction of sp³-hybridized carbons (Fsp3) is 0.174. The minimum atomic E-state index is -0.0864. The van der Waals surface area contributed by atoms with Crippen molar-refractivity contribution in [3.8, 4) is 5.75 Å². The number of rotatable bonds is 6. The maximum Gasteiger partial charge on any atom is 0.268 e. The Kier molecular flexibility index (Phi) is 5.74. The lowest BCUT2D eigenvalue weighted by Crippen LogP contribution is -2.25. The van der Waals surface area contributed by atoms with Gasteiger partial charge in [0.25, 0.3) is 5.91 Å². The molecule has 0 aliphatic carbocycles. The second kappa shape index (κ2) is 8.43. The van der Waals surface area contributed by atoms with Crippen LogP contribution in [-0.4, -0.2) is 17.6 Å². The van der Waals surface area contributed by atoms with E-state index in [2.05, 4.69) is 50.3 Å². The zero-order chi connectivity index (χ0) is 20.4. The van der Waals surface area contributed by atoms with E-state index < -0.39 is 0 Å². The fourth-order valence-electron chi connectivity index (χ4n) is 3.48. The van der Waals surface area contributed by atoms with Gasteiger partial charge >= 0.3 is 0 Å². The molecule has 0 fully saturated rings. The summed E-state index contributed by atoms with van der Waals surface area (Å²) in [6, 6.07) is 18.0. The van der Waals surface area contributed by atoms with Crippen LogP contribution in [0.1, 0.15) is 27.2 Å². The summed E-state index contributed by atoms with van der Waals surface area (Å²) in [6.45, 7) is 3.10. The highest BCUT2D eigenvalue weighted by molar-refractivity contribution is 9.10. The van der Waals surface area contributed by atoms with E-state index in [-0.39, 0.29) is 5.91 Å². The first kappa shape index (κ1) is 19.7. The third-order valence-electron chi connectivity index (χ3n) is 4.87. The summed E-state index contributed by atoms with van der Waals surface area (Å²) in [5.74, 6) is 0.725. The van der Waals surface area contributed by atoms with E-state index in [0.717, 1.165) is 31.6 Å². The van der Waals surface area contributed by atoms with Crippen LogP contribution in [0, 0.1) is 6.92 Å². The molecule has 0 saturated carbocycles. The van der Waals surface area contributed by atoms with Crippen molar-refractivity contribution in [1.82, 2.24) is 9.88 Å². The molecule has 2 heterocycles. The van der Waals surface area contributed by atoms with Crippen molar-refractivity contribution >= 4 is 43.4 Å². The van der Waals surface area contributed by atoms with Crippen molar-refractivity contribution in [2.24, 2.45) is 0 Å². The number of aromatic nitrogens is 1. The van der Waals surface area contributed by atoms with E-state index in [1.165, 1.54) is 5.56 Å². The molecule has 4 aromatic rings. The van der Waals surface area contributed by atoms with E-state index >= 15 is 0 Å². The Morgan fingerprint density at radius 3 is 2.79 bits per heavy atom. The Hall–Kier alpha value is -2.57. The van der Waals surface area contributed by atoms with Crippen molar-refractivity contribution in [2.45, 2.75) is 20.0 Å². The van der Waals surface area contributed by atoms with E-state index in [9.17, 15) is 4.79 Å². The number of nitrogens with zero attached hydrogens (tertiary/aromatic N) is 1. The average Bonchev–Trinajstić information content (AvgIpc) is 3.27. The second-order valence-electron chi connectivity index (χ2n) is 6.90. The number of ether oxygens (including phenoxy) is 1. The summed E-state index contributed by atoms with van der Waals surface area (Å²) in [5.41, 5.74) is 4.97. The predicted molar refractivity (Wildman–Crippen MR) is 122 cm³/mol. The number of carbonyl (C=O) groups excluding carboxylic acids is 1. The number of hydrogen-bond acceptors (Lipinski definition) is 3. The van der Waals surface area contributed by atoms with Gasteiger partial charge in [-0.2, -0.15) is 0 Å². The van der Waals surface area contributed by atoms with E-state index in [1.807, 2.05) is 42.5 Å². The molecule has 29 heavy (non-hydrogen) atoms. The molecule has 6 heteroatoms.